The Morgan fingerprint density at radius 1 is 0.929 bits per heavy atom. The number of anilines is 1. The van der Waals surface area contributed by atoms with Gasteiger partial charge in [0, 0.05) is 29.0 Å². The lowest BCUT2D eigenvalue weighted by Crippen LogP contribution is -2.09. The minimum Gasteiger partial charge on any atom is -0.478 e. The molecule has 1 heterocycles. The van der Waals surface area contributed by atoms with Crippen molar-refractivity contribution in [3.63, 3.8) is 0 Å². The summed E-state index contributed by atoms with van der Waals surface area (Å²) in [6.45, 7) is 0.467. The van der Waals surface area contributed by atoms with Crippen LogP contribution in [0.15, 0.2) is 97.2 Å². The van der Waals surface area contributed by atoms with Crippen molar-refractivity contribution < 1.29 is 18.3 Å². The Hall–Kier alpha value is -4.37. The van der Waals surface area contributed by atoms with E-state index < -0.39 is 16.0 Å². The van der Waals surface area contributed by atoms with Crippen LogP contribution in [0.1, 0.15) is 27.3 Å². The highest BCUT2D eigenvalue weighted by molar-refractivity contribution is 7.92. The van der Waals surface area contributed by atoms with Crippen molar-refractivity contribution in [3.05, 3.63) is 130 Å². The molecule has 0 unspecified atom stereocenters. The van der Waals surface area contributed by atoms with Crippen LogP contribution in [0, 0.1) is 0 Å². The summed E-state index contributed by atoms with van der Waals surface area (Å²) in [6, 6.07) is 27.1. The number of nitrogens with one attached hydrogen (secondary N) is 1. The largest absolute Gasteiger partial charge is 0.478 e. The standard InChI is InChI=1S/C32H25Cl2N3O4S/c1-42(40,41)36-27-4-2-3-25(17-27)23-10-5-21(6-11-23)9-16-31-35-30(28-15-14-26(33)18-29(28)34)20-37(31)19-22-7-12-24(13-8-22)32(38)39/h2-18,20,36H,19H2,1H3,(H,38,39)/b16-9+. The van der Waals surface area contributed by atoms with Gasteiger partial charge in [0.15, 0.2) is 0 Å². The van der Waals surface area contributed by atoms with Crippen molar-refractivity contribution in [2.45, 2.75) is 6.54 Å². The van der Waals surface area contributed by atoms with Crippen LogP contribution in [0.4, 0.5) is 5.69 Å². The molecule has 0 spiro atoms. The van der Waals surface area contributed by atoms with Gasteiger partial charge in [0.25, 0.3) is 0 Å². The molecule has 5 aromatic rings. The number of carboxylic acids is 1. The Bertz CT molecular complexity index is 1900. The zero-order chi connectivity index (χ0) is 29.9. The molecule has 0 aliphatic heterocycles. The monoisotopic (exact) mass is 617 g/mol. The number of nitrogens with zero attached hydrogens (tertiary/aromatic N) is 2. The van der Waals surface area contributed by atoms with E-state index in [2.05, 4.69) is 4.72 Å². The Morgan fingerprint density at radius 3 is 2.33 bits per heavy atom. The van der Waals surface area contributed by atoms with Crippen LogP contribution < -0.4 is 4.72 Å². The van der Waals surface area contributed by atoms with E-state index in [1.54, 1.807) is 54.6 Å². The predicted molar refractivity (Wildman–Crippen MR) is 169 cm³/mol. The molecule has 0 aliphatic rings. The molecule has 7 nitrogen and oxygen atoms in total. The molecule has 2 N–H and O–H groups in total. The third-order valence-electron chi connectivity index (χ3n) is 6.40. The van der Waals surface area contributed by atoms with Crippen LogP contribution in [0.2, 0.25) is 10.0 Å². The maximum atomic E-state index is 11.6. The molecule has 0 saturated carbocycles. The smallest absolute Gasteiger partial charge is 0.335 e. The number of aromatic carboxylic acids is 1. The summed E-state index contributed by atoms with van der Waals surface area (Å²) in [5.41, 5.74) is 5.82. The summed E-state index contributed by atoms with van der Waals surface area (Å²) in [5, 5.41) is 10.2. The summed E-state index contributed by atoms with van der Waals surface area (Å²) in [7, 11) is -3.37. The molecule has 42 heavy (non-hydrogen) atoms. The SMILES string of the molecule is CS(=O)(=O)Nc1cccc(-c2ccc(/C=C/c3nc(-c4ccc(Cl)cc4Cl)cn3Cc3ccc(C(=O)O)cc3)cc2)c1. The molecule has 10 heteroatoms. The topological polar surface area (TPSA) is 101 Å². The lowest BCUT2D eigenvalue weighted by molar-refractivity contribution is 0.0697. The number of aromatic nitrogens is 2. The van der Waals surface area contributed by atoms with E-state index in [1.165, 1.54) is 0 Å². The summed E-state index contributed by atoms with van der Waals surface area (Å²) in [5.74, 6) is -0.293. The molecular formula is C32H25Cl2N3O4S. The van der Waals surface area contributed by atoms with Crippen LogP contribution in [-0.2, 0) is 16.6 Å². The van der Waals surface area contributed by atoms with E-state index in [4.69, 9.17) is 28.2 Å². The third-order valence-corrected chi connectivity index (χ3v) is 7.56. The van der Waals surface area contributed by atoms with Gasteiger partial charge in [-0.05, 0) is 70.8 Å². The van der Waals surface area contributed by atoms with E-state index in [-0.39, 0.29) is 5.56 Å². The number of hydrogen-bond acceptors (Lipinski definition) is 4. The minimum absolute atomic E-state index is 0.222. The summed E-state index contributed by atoms with van der Waals surface area (Å²) >= 11 is 12.6. The molecule has 4 aromatic carbocycles. The minimum atomic E-state index is -3.37. The molecule has 0 bridgehead atoms. The lowest BCUT2D eigenvalue weighted by atomic mass is 10.0. The Morgan fingerprint density at radius 2 is 1.67 bits per heavy atom. The predicted octanol–water partition coefficient (Wildman–Crippen LogP) is 7.81. The van der Waals surface area contributed by atoms with E-state index in [0.717, 1.165) is 34.1 Å². The first-order valence-corrected chi connectivity index (χ1v) is 15.4. The maximum absolute atomic E-state index is 11.6. The number of carboxylic acid groups (broad SMARTS) is 1. The van der Waals surface area contributed by atoms with Gasteiger partial charge in [0.2, 0.25) is 10.0 Å². The molecular weight excluding hydrogens is 593 g/mol. The third kappa shape index (κ3) is 7.28. The highest BCUT2D eigenvalue weighted by Crippen LogP contribution is 2.31. The quantitative estimate of drug-likeness (QED) is 0.176. The van der Waals surface area contributed by atoms with Gasteiger partial charge < -0.3 is 9.67 Å². The van der Waals surface area contributed by atoms with Crippen molar-refractivity contribution in [3.8, 4) is 22.4 Å². The fraction of sp³-hybridized carbons (Fsp3) is 0.0625. The molecule has 5 rings (SSSR count). The second-order valence-corrected chi connectivity index (χ2v) is 12.2. The number of halogens is 2. The number of rotatable bonds is 9. The molecule has 0 amide bonds. The number of benzene rings is 4. The van der Waals surface area contributed by atoms with Crippen molar-refractivity contribution in [1.82, 2.24) is 9.55 Å². The van der Waals surface area contributed by atoms with E-state index in [1.807, 2.05) is 59.3 Å². The molecule has 212 valence electrons. The van der Waals surface area contributed by atoms with Crippen LogP contribution in [0.3, 0.4) is 0 Å². The first kappa shape index (κ1) is 29.1. The average Bonchev–Trinajstić information content (AvgIpc) is 3.33. The van der Waals surface area contributed by atoms with Gasteiger partial charge in [-0.1, -0.05) is 77.8 Å². The Kier molecular flexibility index (Phi) is 8.49. The van der Waals surface area contributed by atoms with Crippen LogP contribution >= 0.6 is 23.2 Å². The summed E-state index contributed by atoms with van der Waals surface area (Å²) < 4.78 is 27.7. The van der Waals surface area contributed by atoms with Gasteiger partial charge in [0.1, 0.15) is 5.82 Å². The number of imidazole rings is 1. The van der Waals surface area contributed by atoms with Gasteiger partial charge in [-0.3, -0.25) is 4.72 Å². The first-order valence-electron chi connectivity index (χ1n) is 12.8. The Balaban J connectivity index is 1.43. The number of hydrogen-bond donors (Lipinski definition) is 2. The molecule has 1 aromatic heterocycles. The van der Waals surface area contributed by atoms with Crippen LogP contribution in [0.5, 0.6) is 0 Å². The molecule has 0 atom stereocenters. The zero-order valence-corrected chi connectivity index (χ0v) is 24.7. The van der Waals surface area contributed by atoms with Crippen LogP contribution in [-0.4, -0.2) is 35.3 Å². The fourth-order valence-corrected chi connectivity index (χ4v) is 5.46. The lowest BCUT2D eigenvalue weighted by Gasteiger charge is -2.07. The second kappa shape index (κ2) is 12.2. The van der Waals surface area contributed by atoms with Gasteiger partial charge in [0.05, 0.1) is 22.5 Å². The first-order chi connectivity index (χ1) is 20.0. The molecule has 0 aliphatic carbocycles. The van der Waals surface area contributed by atoms with Crippen LogP contribution in [0.25, 0.3) is 34.5 Å². The van der Waals surface area contributed by atoms with Gasteiger partial charge >= 0.3 is 5.97 Å². The van der Waals surface area contributed by atoms with Crippen molar-refractivity contribution in [1.29, 1.82) is 0 Å². The fourth-order valence-electron chi connectivity index (χ4n) is 4.40. The number of sulfonamides is 1. The normalized spacial score (nSPS) is 11.6. The number of carbonyl (C=O) groups is 1. The van der Waals surface area contributed by atoms with Gasteiger partial charge in [-0.15, -0.1) is 0 Å². The van der Waals surface area contributed by atoms with Gasteiger partial charge in [-0.2, -0.15) is 0 Å². The molecule has 0 fully saturated rings. The van der Waals surface area contributed by atoms with Gasteiger partial charge in [-0.25, -0.2) is 18.2 Å². The van der Waals surface area contributed by atoms with E-state index in [0.29, 0.717) is 33.8 Å². The Labute approximate surface area is 253 Å². The van der Waals surface area contributed by atoms with Crippen molar-refractivity contribution >= 4 is 57.0 Å². The van der Waals surface area contributed by atoms with Crippen molar-refractivity contribution in [2.24, 2.45) is 0 Å². The van der Waals surface area contributed by atoms with Crippen molar-refractivity contribution in [2.75, 3.05) is 11.0 Å². The summed E-state index contributed by atoms with van der Waals surface area (Å²) in [4.78, 5) is 16.1. The summed E-state index contributed by atoms with van der Waals surface area (Å²) in [6.07, 6.45) is 6.88. The molecule has 0 radical (unpaired) electrons. The average molecular weight is 619 g/mol. The highest BCUT2D eigenvalue weighted by Gasteiger charge is 2.13. The second-order valence-electron chi connectivity index (χ2n) is 9.65. The van der Waals surface area contributed by atoms with E-state index in [9.17, 15) is 18.3 Å². The van der Waals surface area contributed by atoms with E-state index >= 15 is 0 Å². The molecule has 0 saturated heterocycles. The highest BCUT2D eigenvalue weighted by atomic mass is 35.5. The maximum Gasteiger partial charge on any atom is 0.335 e. The zero-order valence-electron chi connectivity index (χ0n) is 22.3.